The van der Waals surface area contributed by atoms with E-state index in [2.05, 4.69) is 20.9 Å². The molecule has 3 aromatic rings. The van der Waals surface area contributed by atoms with Crippen molar-refractivity contribution in [3.05, 3.63) is 61.9 Å². The molecule has 7 heteroatoms. The maximum Gasteiger partial charge on any atom is 0.271 e. The van der Waals surface area contributed by atoms with E-state index in [0.29, 0.717) is 4.96 Å². The van der Waals surface area contributed by atoms with Crippen LogP contribution in [0.5, 0.6) is 0 Å². The summed E-state index contributed by atoms with van der Waals surface area (Å²) in [6.45, 7) is 1.99. The predicted molar refractivity (Wildman–Crippen MR) is 93.5 cm³/mol. The van der Waals surface area contributed by atoms with Crippen molar-refractivity contribution in [2.45, 2.75) is 19.4 Å². The lowest BCUT2D eigenvalue weighted by Crippen LogP contribution is -2.39. The van der Waals surface area contributed by atoms with Crippen molar-refractivity contribution < 1.29 is 4.79 Å². The fraction of sp³-hybridized carbons (Fsp3) is 0.188. The molecular formula is C16H12BrN3O2S. The molecule has 1 aliphatic rings. The maximum atomic E-state index is 13.0. The normalized spacial score (nSPS) is 16.8. The van der Waals surface area contributed by atoms with Gasteiger partial charge in [-0.3, -0.25) is 14.0 Å². The summed E-state index contributed by atoms with van der Waals surface area (Å²) in [7, 11) is 0. The number of carbonyl (C=O) groups is 1. The van der Waals surface area contributed by atoms with Gasteiger partial charge in [-0.25, -0.2) is 4.98 Å². The van der Waals surface area contributed by atoms with Gasteiger partial charge in [-0.2, -0.15) is 0 Å². The monoisotopic (exact) mass is 389 g/mol. The Morgan fingerprint density at radius 3 is 3.09 bits per heavy atom. The molecule has 0 N–H and O–H groups in total. The van der Waals surface area contributed by atoms with Gasteiger partial charge >= 0.3 is 0 Å². The second kappa shape index (κ2) is 5.28. The van der Waals surface area contributed by atoms with Gasteiger partial charge < -0.3 is 4.90 Å². The van der Waals surface area contributed by atoms with Crippen LogP contribution >= 0.6 is 27.3 Å². The van der Waals surface area contributed by atoms with Crippen LogP contribution in [0.2, 0.25) is 0 Å². The maximum absolute atomic E-state index is 13.0. The van der Waals surface area contributed by atoms with Crippen LogP contribution in [0.1, 0.15) is 22.8 Å². The molecule has 3 heterocycles. The van der Waals surface area contributed by atoms with Crippen LogP contribution in [0.4, 0.5) is 5.69 Å². The van der Waals surface area contributed by atoms with E-state index in [0.717, 1.165) is 22.1 Å². The van der Waals surface area contributed by atoms with Gasteiger partial charge in [0.05, 0.1) is 0 Å². The molecule has 1 amide bonds. The van der Waals surface area contributed by atoms with Crippen molar-refractivity contribution in [1.82, 2.24) is 9.38 Å². The van der Waals surface area contributed by atoms with E-state index in [4.69, 9.17) is 0 Å². The Bertz CT molecular complexity index is 994. The molecule has 0 saturated heterocycles. The molecule has 0 fully saturated rings. The summed E-state index contributed by atoms with van der Waals surface area (Å²) in [6, 6.07) is 5.85. The van der Waals surface area contributed by atoms with Crippen LogP contribution in [-0.4, -0.2) is 21.3 Å². The van der Waals surface area contributed by atoms with Gasteiger partial charge in [0.1, 0.15) is 5.56 Å². The van der Waals surface area contributed by atoms with Gasteiger partial charge in [0.25, 0.3) is 11.5 Å². The number of hydrogen-bond donors (Lipinski definition) is 0. The molecular weight excluding hydrogens is 378 g/mol. The fourth-order valence-corrected chi connectivity index (χ4v) is 4.09. The highest BCUT2D eigenvalue weighted by Crippen LogP contribution is 2.34. The minimum atomic E-state index is -0.320. The van der Waals surface area contributed by atoms with E-state index >= 15 is 0 Å². The molecule has 5 nitrogen and oxygen atoms in total. The quantitative estimate of drug-likeness (QED) is 0.642. The molecule has 2 aromatic heterocycles. The molecule has 1 aliphatic heterocycles. The van der Waals surface area contributed by atoms with Crippen LogP contribution in [-0.2, 0) is 6.42 Å². The summed E-state index contributed by atoms with van der Waals surface area (Å²) in [5.74, 6) is -0.295. The van der Waals surface area contributed by atoms with Gasteiger partial charge in [-0.05, 0) is 37.1 Å². The van der Waals surface area contributed by atoms with Crippen LogP contribution in [0, 0.1) is 0 Å². The minimum absolute atomic E-state index is 0.00868. The van der Waals surface area contributed by atoms with E-state index in [1.54, 1.807) is 16.5 Å². The molecule has 0 spiro atoms. The molecule has 1 aromatic carbocycles. The third-order valence-corrected chi connectivity index (χ3v) is 5.31. The Kier molecular flexibility index (Phi) is 3.35. The van der Waals surface area contributed by atoms with Crippen LogP contribution < -0.4 is 10.5 Å². The highest BCUT2D eigenvalue weighted by atomic mass is 79.9. The third kappa shape index (κ3) is 2.22. The molecule has 0 bridgehead atoms. The zero-order valence-electron chi connectivity index (χ0n) is 12.2. The number of nitrogens with zero attached hydrogens (tertiary/aromatic N) is 3. The average molecular weight is 390 g/mol. The highest BCUT2D eigenvalue weighted by Gasteiger charge is 2.33. The van der Waals surface area contributed by atoms with E-state index in [9.17, 15) is 9.59 Å². The minimum Gasteiger partial charge on any atom is -0.305 e. The SMILES string of the molecule is C[C@H]1Cc2cc(Br)ccc2N1C(=O)c1cnc2sccn2c1=O. The first-order valence-corrected chi connectivity index (χ1v) is 8.80. The predicted octanol–water partition coefficient (Wildman–Crippen LogP) is 3.11. The van der Waals surface area contributed by atoms with Gasteiger partial charge in [-0.15, -0.1) is 11.3 Å². The summed E-state index contributed by atoms with van der Waals surface area (Å²) in [4.78, 5) is 32.0. The standard InChI is InChI=1S/C16H12BrN3O2S/c1-9-6-10-7-11(17)2-3-13(10)20(9)15(22)12-8-18-16-19(14(12)21)4-5-23-16/h2-5,7-9H,6H2,1H3/t9-/m0/s1. The number of rotatable bonds is 1. The highest BCUT2D eigenvalue weighted by molar-refractivity contribution is 9.10. The zero-order chi connectivity index (χ0) is 16.1. The van der Waals surface area contributed by atoms with Crippen molar-refractivity contribution in [2.75, 3.05) is 4.90 Å². The van der Waals surface area contributed by atoms with E-state index in [1.165, 1.54) is 21.9 Å². The van der Waals surface area contributed by atoms with Crippen LogP contribution in [0.3, 0.4) is 0 Å². The number of hydrogen-bond acceptors (Lipinski definition) is 4. The summed E-state index contributed by atoms with van der Waals surface area (Å²) in [6.07, 6.45) is 3.81. The van der Waals surface area contributed by atoms with Gasteiger partial charge in [0.2, 0.25) is 0 Å². The Morgan fingerprint density at radius 1 is 1.43 bits per heavy atom. The summed E-state index contributed by atoms with van der Waals surface area (Å²) < 4.78 is 2.40. The van der Waals surface area contributed by atoms with Crippen molar-refractivity contribution >= 4 is 43.8 Å². The van der Waals surface area contributed by atoms with Gasteiger partial charge in [-0.1, -0.05) is 15.9 Å². The first kappa shape index (κ1) is 14.6. The van der Waals surface area contributed by atoms with Crippen molar-refractivity contribution in [1.29, 1.82) is 0 Å². The van der Waals surface area contributed by atoms with Crippen LogP contribution in [0.15, 0.2) is 45.2 Å². The number of halogens is 1. The Labute approximate surface area is 144 Å². The number of thiazole rings is 1. The molecule has 0 aliphatic carbocycles. The Morgan fingerprint density at radius 2 is 2.26 bits per heavy atom. The topological polar surface area (TPSA) is 54.7 Å². The number of fused-ring (bicyclic) bond motifs is 2. The molecule has 4 rings (SSSR count). The van der Waals surface area contributed by atoms with Gasteiger partial charge in [0.15, 0.2) is 4.96 Å². The van der Waals surface area contributed by atoms with Crippen LogP contribution in [0.25, 0.3) is 4.96 Å². The van der Waals surface area contributed by atoms with Crippen molar-refractivity contribution in [3.8, 4) is 0 Å². The Hall–Kier alpha value is -1.99. The summed E-state index contributed by atoms with van der Waals surface area (Å²) in [5, 5.41) is 1.78. The molecule has 23 heavy (non-hydrogen) atoms. The van der Waals surface area contributed by atoms with Crippen molar-refractivity contribution in [3.63, 3.8) is 0 Å². The Balaban J connectivity index is 1.83. The summed E-state index contributed by atoms with van der Waals surface area (Å²) in [5.41, 5.74) is 1.74. The van der Waals surface area contributed by atoms with Gasteiger partial charge in [0, 0.05) is 34.0 Å². The van der Waals surface area contributed by atoms with E-state index < -0.39 is 0 Å². The first-order valence-electron chi connectivity index (χ1n) is 7.13. The molecule has 116 valence electrons. The molecule has 0 unspecified atom stereocenters. The third-order valence-electron chi connectivity index (χ3n) is 4.05. The smallest absolute Gasteiger partial charge is 0.271 e. The number of amides is 1. The van der Waals surface area contributed by atoms with E-state index in [-0.39, 0.29) is 23.1 Å². The molecule has 0 saturated carbocycles. The molecule has 1 atom stereocenters. The lowest BCUT2D eigenvalue weighted by Gasteiger charge is -2.22. The van der Waals surface area contributed by atoms with Crippen molar-refractivity contribution in [2.24, 2.45) is 0 Å². The zero-order valence-corrected chi connectivity index (χ0v) is 14.6. The first-order chi connectivity index (χ1) is 11.1. The largest absolute Gasteiger partial charge is 0.305 e. The number of benzene rings is 1. The number of anilines is 1. The lowest BCUT2D eigenvalue weighted by atomic mass is 10.1. The summed E-state index contributed by atoms with van der Waals surface area (Å²) >= 11 is 4.82. The average Bonchev–Trinajstić information content (AvgIpc) is 3.10. The molecule has 0 radical (unpaired) electrons. The lowest BCUT2D eigenvalue weighted by molar-refractivity contribution is 0.0979. The second-order valence-corrected chi connectivity index (χ2v) is 7.32. The second-order valence-electron chi connectivity index (χ2n) is 5.53. The fourth-order valence-electron chi connectivity index (χ4n) is 3.01. The van der Waals surface area contributed by atoms with E-state index in [1.807, 2.05) is 25.1 Å². The number of carbonyl (C=O) groups excluding carboxylic acids is 1. The number of aromatic nitrogens is 2.